The molecule has 0 unspecified atom stereocenters. The number of nitrogens with zero attached hydrogens (tertiary/aromatic N) is 3. The van der Waals surface area contributed by atoms with Crippen molar-refractivity contribution in [2.24, 2.45) is 10.8 Å². The zero-order valence-corrected chi connectivity index (χ0v) is 51.0. The van der Waals surface area contributed by atoms with Crippen molar-refractivity contribution in [1.29, 1.82) is 0 Å². The topological polar surface area (TPSA) is 155 Å². The van der Waals surface area contributed by atoms with Crippen LogP contribution in [0.25, 0.3) is 32.7 Å². The van der Waals surface area contributed by atoms with Crippen LogP contribution in [-0.2, 0) is 44.9 Å². The molecule has 0 radical (unpaired) electrons. The SMILES string of the molecule is COc1cc2c(Cl)ccnc2cc1C.COc1cc2c(Oc3ccc(CC(=O)C4(C(=O)Cc5ccc(F)cc5)CC4)cc3)ccnc2cc1C.Cc1cc2nccc(Cl)c2cc1Br.O=C(Cc1ccc(O)cc1)C1(C(=O)Cc2ccc(F)cc2)CC1. The fraction of sp³-hybridized carbons (Fsp3) is 0.214. The molecule has 3 aromatic heterocycles. The van der Waals surface area contributed by atoms with E-state index in [4.69, 9.17) is 37.4 Å². The number of ketones is 4. The van der Waals surface area contributed by atoms with Gasteiger partial charge in [-0.3, -0.25) is 34.1 Å². The van der Waals surface area contributed by atoms with E-state index in [-0.39, 0.29) is 66.2 Å². The van der Waals surface area contributed by atoms with Crippen LogP contribution < -0.4 is 14.2 Å². The van der Waals surface area contributed by atoms with E-state index in [0.29, 0.717) is 42.2 Å². The van der Waals surface area contributed by atoms with Crippen molar-refractivity contribution in [2.75, 3.05) is 14.2 Å². The number of carbonyl (C=O) groups is 4. The molecular formula is C70H60BrCl2F2N3O8. The Morgan fingerprint density at radius 1 is 0.477 bits per heavy atom. The maximum atomic E-state index is 13.1. The van der Waals surface area contributed by atoms with Crippen molar-refractivity contribution >= 4 is 95.0 Å². The number of rotatable bonds is 16. The average molecular weight is 1260 g/mol. The Morgan fingerprint density at radius 2 is 0.826 bits per heavy atom. The minimum atomic E-state index is -0.906. The number of methoxy groups -OCH3 is 2. The molecule has 0 aliphatic heterocycles. The van der Waals surface area contributed by atoms with Crippen LogP contribution in [0.15, 0.2) is 175 Å². The summed E-state index contributed by atoms with van der Waals surface area (Å²) < 4.78 is 43.9. The summed E-state index contributed by atoms with van der Waals surface area (Å²) in [6.07, 6.45) is 8.12. The van der Waals surface area contributed by atoms with Gasteiger partial charge in [0.1, 0.15) is 40.4 Å². The lowest BCUT2D eigenvalue weighted by Crippen LogP contribution is -2.28. The van der Waals surface area contributed by atoms with Crippen molar-refractivity contribution in [2.45, 2.75) is 72.1 Å². The number of ether oxygens (including phenoxy) is 3. The Morgan fingerprint density at radius 3 is 1.23 bits per heavy atom. The predicted octanol–water partition coefficient (Wildman–Crippen LogP) is 16.6. The quantitative estimate of drug-likeness (QED) is 0.0919. The molecule has 0 amide bonds. The van der Waals surface area contributed by atoms with Gasteiger partial charge in [-0.25, -0.2) is 8.78 Å². The molecule has 7 aromatic carbocycles. The van der Waals surface area contributed by atoms with Gasteiger partial charge in [0.2, 0.25) is 0 Å². The highest BCUT2D eigenvalue weighted by Gasteiger charge is 2.55. The summed E-state index contributed by atoms with van der Waals surface area (Å²) in [5.74, 6) is 2.04. The van der Waals surface area contributed by atoms with Crippen molar-refractivity contribution in [3.05, 3.63) is 235 Å². The van der Waals surface area contributed by atoms with Crippen LogP contribution in [0.1, 0.15) is 64.6 Å². The first-order chi connectivity index (χ1) is 41.3. The second-order valence-corrected chi connectivity index (χ2v) is 23.1. The van der Waals surface area contributed by atoms with E-state index in [1.54, 1.807) is 87.4 Å². The number of aryl methyl sites for hydroxylation is 3. The van der Waals surface area contributed by atoms with Gasteiger partial charge in [-0.15, -0.1) is 0 Å². The highest BCUT2D eigenvalue weighted by Crippen LogP contribution is 2.50. The molecule has 2 fully saturated rings. The summed E-state index contributed by atoms with van der Waals surface area (Å²) in [5.41, 5.74) is 7.16. The summed E-state index contributed by atoms with van der Waals surface area (Å²) in [4.78, 5) is 63.9. The number of fused-ring (bicyclic) bond motifs is 3. The summed E-state index contributed by atoms with van der Waals surface area (Å²) >= 11 is 15.5. The van der Waals surface area contributed by atoms with Crippen molar-refractivity contribution in [1.82, 2.24) is 15.0 Å². The third kappa shape index (κ3) is 15.0. The number of carbonyl (C=O) groups excluding carboxylic acids is 4. The molecular weight excluding hydrogens is 1200 g/mol. The molecule has 0 spiro atoms. The molecule has 0 atom stereocenters. The minimum Gasteiger partial charge on any atom is -0.508 e. The number of phenols is 1. The van der Waals surface area contributed by atoms with Gasteiger partial charge in [-0.1, -0.05) is 87.7 Å². The van der Waals surface area contributed by atoms with Gasteiger partial charge >= 0.3 is 0 Å². The molecule has 1 N–H and O–H groups in total. The van der Waals surface area contributed by atoms with Gasteiger partial charge in [-0.2, -0.15) is 0 Å². The van der Waals surface area contributed by atoms with Gasteiger partial charge in [-0.05, 0) is 189 Å². The summed E-state index contributed by atoms with van der Waals surface area (Å²) in [7, 11) is 3.28. The molecule has 2 aliphatic rings. The number of aromatic nitrogens is 3. The lowest BCUT2D eigenvalue weighted by Gasteiger charge is -2.14. The Balaban J connectivity index is 0.000000150. The third-order valence-electron chi connectivity index (χ3n) is 15.4. The molecule has 11 nitrogen and oxygen atoms in total. The first kappa shape index (κ1) is 62.1. The maximum Gasteiger partial charge on any atom is 0.150 e. The number of pyridine rings is 3. The normalized spacial score (nSPS) is 13.2. The zero-order chi connectivity index (χ0) is 61.3. The fourth-order valence-corrected chi connectivity index (χ4v) is 10.7. The smallest absolute Gasteiger partial charge is 0.150 e. The number of halogens is 5. The van der Waals surface area contributed by atoms with Crippen molar-refractivity contribution in [3.63, 3.8) is 0 Å². The second-order valence-electron chi connectivity index (χ2n) is 21.4. The highest BCUT2D eigenvalue weighted by molar-refractivity contribution is 9.10. The minimum absolute atomic E-state index is 0.0640. The van der Waals surface area contributed by atoms with Crippen LogP contribution in [0.2, 0.25) is 10.0 Å². The molecule has 12 rings (SSSR count). The highest BCUT2D eigenvalue weighted by atomic mass is 79.9. The lowest BCUT2D eigenvalue weighted by atomic mass is 9.88. The van der Waals surface area contributed by atoms with E-state index in [1.807, 2.05) is 81.4 Å². The van der Waals surface area contributed by atoms with Crippen LogP contribution >= 0.6 is 39.1 Å². The lowest BCUT2D eigenvalue weighted by molar-refractivity contribution is -0.135. The van der Waals surface area contributed by atoms with Crippen LogP contribution in [0.4, 0.5) is 8.78 Å². The van der Waals surface area contributed by atoms with Crippen LogP contribution in [0, 0.1) is 43.2 Å². The van der Waals surface area contributed by atoms with Gasteiger partial charge in [0.15, 0.2) is 23.1 Å². The summed E-state index contributed by atoms with van der Waals surface area (Å²) in [5, 5.41) is 13.5. The number of phenolic OH excluding ortho intramolecular Hbond substituents is 1. The standard InChI is InChI=1S/C30H26FNO4.C19H17FO3.C11H10ClNO.C10H7BrClN/c1-19-15-25-24(18-27(19)35-2)26(11-14-32-25)36-23-9-5-21(6-10-23)17-29(34)30(12-13-30)28(33)16-20-3-7-22(31)8-4-20;20-15-5-1-13(2-6-15)11-17(22)19(9-10-19)18(23)12-14-3-7-16(21)8-4-14;1-7-5-10-8(6-11(7)14-2)9(12)3-4-13-10;1-6-4-10-7(5-8(6)11)9(12)2-3-13-10/h3-11,14-15,18H,12-13,16-17H2,1-2H3;1-8,21H,9-12H2;3-6H,1-2H3;2-5H,1H3. The third-order valence-corrected chi connectivity index (χ3v) is 16.9. The molecule has 86 heavy (non-hydrogen) atoms. The number of benzene rings is 7. The number of aromatic hydroxyl groups is 1. The van der Waals surface area contributed by atoms with E-state index in [1.165, 1.54) is 42.0 Å². The number of hydrogen-bond acceptors (Lipinski definition) is 11. The van der Waals surface area contributed by atoms with E-state index < -0.39 is 10.8 Å². The van der Waals surface area contributed by atoms with Crippen molar-refractivity contribution < 1.29 is 47.3 Å². The van der Waals surface area contributed by atoms with Crippen LogP contribution in [-0.4, -0.2) is 57.4 Å². The Bertz CT molecular complexity index is 4080. The molecule has 0 saturated heterocycles. The van der Waals surface area contributed by atoms with E-state index in [0.717, 1.165) is 87.1 Å². The van der Waals surface area contributed by atoms with Crippen LogP contribution in [0.5, 0.6) is 28.7 Å². The molecule has 3 heterocycles. The van der Waals surface area contributed by atoms with E-state index >= 15 is 0 Å². The van der Waals surface area contributed by atoms with E-state index in [9.17, 15) is 33.1 Å². The first-order valence-electron chi connectivity index (χ1n) is 27.7. The molecule has 16 heteroatoms. The van der Waals surface area contributed by atoms with Gasteiger partial charge < -0.3 is 19.3 Å². The molecule has 438 valence electrons. The van der Waals surface area contributed by atoms with Gasteiger partial charge in [0.25, 0.3) is 0 Å². The maximum absolute atomic E-state index is 13.1. The average Bonchev–Trinajstić information content (AvgIpc) is 2.68. The van der Waals surface area contributed by atoms with Gasteiger partial charge in [0, 0.05) is 64.9 Å². The molecule has 2 aliphatic carbocycles. The van der Waals surface area contributed by atoms with Gasteiger partial charge in [0.05, 0.1) is 51.6 Å². The predicted molar refractivity (Wildman–Crippen MR) is 336 cm³/mol. The molecule has 0 bridgehead atoms. The summed E-state index contributed by atoms with van der Waals surface area (Å²) in [6.45, 7) is 5.99. The van der Waals surface area contributed by atoms with Crippen molar-refractivity contribution in [3.8, 4) is 28.7 Å². The Labute approximate surface area is 515 Å². The first-order valence-corrected chi connectivity index (χ1v) is 29.2. The summed E-state index contributed by atoms with van der Waals surface area (Å²) in [6, 6.07) is 42.6. The molecule has 2 saturated carbocycles. The van der Waals surface area contributed by atoms with Crippen LogP contribution in [0.3, 0.4) is 0 Å². The number of Topliss-reactive ketones (excluding diaryl/α,β-unsaturated/α-hetero) is 4. The Kier molecular flexibility index (Phi) is 19.7. The monoisotopic (exact) mass is 1260 g/mol. The second kappa shape index (κ2) is 27.3. The fourth-order valence-electron chi connectivity index (χ4n) is 9.98. The zero-order valence-electron chi connectivity index (χ0n) is 47.9. The number of hydrogen-bond donors (Lipinski definition) is 1. The molecule has 10 aromatic rings. The largest absolute Gasteiger partial charge is 0.508 e. The Hall–Kier alpha value is -8.43. The van der Waals surface area contributed by atoms with E-state index in [2.05, 4.69) is 30.9 Å².